The number of esters is 3. The molecule has 4 rings (SSSR count). The van der Waals surface area contributed by atoms with E-state index in [0.717, 1.165) is 32.1 Å². The van der Waals surface area contributed by atoms with Crippen LogP contribution in [-0.2, 0) is 28.6 Å². The van der Waals surface area contributed by atoms with Crippen molar-refractivity contribution in [2.75, 3.05) is 0 Å². The molecule has 4 aliphatic rings. The van der Waals surface area contributed by atoms with Crippen molar-refractivity contribution in [3.8, 4) is 0 Å². The molecule has 3 saturated carbocycles. The number of fused-ring (bicyclic) bond motifs is 5. The lowest BCUT2D eigenvalue weighted by atomic mass is 9.46. The van der Waals surface area contributed by atoms with Gasteiger partial charge in [-0.3, -0.25) is 14.4 Å². The molecule has 0 aromatic heterocycles. The van der Waals surface area contributed by atoms with Gasteiger partial charge in [-0.25, -0.2) is 0 Å². The van der Waals surface area contributed by atoms with Gasteiger partial charge in [0.05, 0.1) is 0 Å². The Hall–Kier alpha value is -1.85. The number of carbonyl (C=O) groups excluding carboxylic acids is 3. The Bertz CT molecular complexity index is 969. The average Bonchev–Trinajstić information content (AvgIpc) is 3.18. The van der Waals surface area contributed by atoms with Crippen molar-refractivity contribution in [3.05, 3.63) is 11.6 Å². The summed E-state index contributed by atoms with van der Waals surface area (Å²) in [5.41, 5.74) is 1.43. The maximum absolute atomic E-state index is 12.2. The molecule has 0 aliphatic heterocycles. The maximum atomic E-state index is 12.2. The normalized spacial score (nSPS) is 38.9. The predicted molar refractivity (Wildman–Crippen MR) is 150 cm³/mol. The van der Waals surface area contributed by atoms with Crippen molar-refractivity contribution in [2.45, 2.75) is 131 Å². The van der Waals surface area contributed by atoms with Crippen LogP contribution in [0.15, 0.2) is 11.6 Å². The largest absolute Gasteiger partial charge is 0.462 e. The van der Waals surface area contributed by atoms with Crippen molar-refractivity contribution in [1.29, 1.82) is 0 Å². The van der Waals surface area contributed by atoms with Crippen molar-refractivity contribution >= 4 is 17.9 Å². The predicted octanol–water partition coefficient (Wildman–Crippen LogP) is 7.04. The van der Waals surface area contributed by atoms with Crippen LogP contribution in [0.5, 0.6) is 0 Å². The third kappa shape index (κ3) is 5.81. The van der Waals surface area contributed by atoms with Crippen LogP contribution in [0.1, 0.15) is 113 Å². The van der Waals surface area contributed by atoms with E-state index in [-0.39, 0.29) is 41.6 Å². The third-order valence-corrected chi connectivity index (χ3v) is 11.5. The van der Waals surface area contributed by atoms with E-state index in [1.807, 2.05) is 0 Å². The summed E-state index contributed by atoms with van der Waals surface area (Å²) < 4.78 is 17.3. The van der Waals surface area contributed by atoms with Crippen molar-refractivity contribution in [2.24, 2.45) is 46.3 Å². The van der Waals surface area contributed by atoms with Gasteiger partial charge in [0.25, 0.3) is 0 Å². The second-order valence-electron chi connectivity index (χ2n) is 14.1. The molecule has 0 bridgehead atoms. The van der Waals surface area contributed by atoms with Gasteiger partial charge >= 0.3 is 17.9 Å². The Balaban J connectivity index is 1.52. The number of rotatable bonds is 8. The Morgan fingerprint density at radius 3 is 2.23 bits per heavy atom. The van der Waals surface area contributed by atoms with Crippen LogP contribution in [0, 0.1) is 46.3 Å². The molecule has 6 heteroatoms. The van der Waals surface area contributed by atoms with Crippen LogP contribution in [-0.4, -0.2) is 36.2 Å². The molecule has 0 N–H and O–H groups in total. The number of ether oxygens (including phenoxy) is 3. The highest BCUT2D eigenvalue weighted by atomic mass is 16.6. The molecule has 0 aromatic rings. The zero-order valence-corrected chi connectivity index (χ0v) is 25.6. The number of allylic oxidation sites excluding steroid dienone is 1. The fraction of sp³-hybridized carbons (Fsp3) is 0.848. The summed E-state index contributed by atoms with van der Waals surface area (Å²) in [5, 5.41) is 0. The Morgan fingerprint density at radius 1 is 0.923 bits per heavy atom. The van der Waals surface area contributed by atoms with E-state index in [1.165, 1.54) is 45.6 Å². The topological polar surface area (TPSA) is 78.9 Å². The minimum atomic E-state index is -0.272. The van der Waals surface area contributed by atoms with Gasteiger partial charge in [-0.05, 0) is 85.9 Å². The van der Waals surface area contributed by atoms with Crippen LogP contribution in [0.25, 0.3) is 0 Å². The highest BCUT2D eigenvalue weighted by Crippen LogP contribution is 2.67. The lowest BCUT2D eigenvalue weighted by molar-refractivity contribution is -0.172. The summed E-state index contributed by atoms with van der Waals surface area (Å²) in [5.74, 6) is 2.61. The first-order valence-corrected chi connectivity index (χ1v) is 15.5. The molecular formula is C33H52O6. The molecule has 3 fully saturated rings. The first-order valence-electron chi connectivity index (χ1n) is 15.5. The van der Waals surface area contributed by atoms with Gasteiger partial charge in [0.15, 0.2) is 0 Å². The summed E-state index contributed by atoms with van der Waals surface area (Å²) in [4.78, 5) is 35.6. The van der Waals surface area contributed by atoms with E-state index in [4.69, 9.17) is 14.2 Å². The van der Waals surface area contributed by atoms with E-state index in [2.05, 4.69) is 40.7 Å². The fourth-order valence-corrected chi connectivity index (χ4v) is 9.70. The molecule has 0 unspecified atom stereocenters. The van der Waals surface area contributed by atoms with E-state index in [0.29, 0.717) is 47.3 Å². The second kappa shape index (κ2) is 11.6. The van der Waals surface area contributed by atoms with E-state index >= 15 is 0 Å². The van der Waals surface area contributed by atoms with Crippen LogP contribution in [0.4, 0.5) is 0 Å². The number of hydrogen-bond donors (Lipinski definition) is 0. The quantitative estimate of drug-likeness (QED) is 0.185. The molecule has 0 aromatic carbocycles. The Morgan fingerprint density at radius 2 is 1.62 bits per heavy atom. The molecule has 0 saturated heterocycles. The SMILES string of the molecule is CC(=O)O[C@@H]1CC2=CC[C@H]3[C@@H]4CC[C@H]([C@H](C)CC[C@H](OC(C)=O)C(C)C)[C@@]4(C)CC[C@@H]3[C@@]2(C)[C@@H](OC(C)=O)C1. The highest BCUT2D eigenvalue weighted by molar-refractivity contribution is 5.67. The zero-order valence-electron chi connectivity index (χ0n) is 25.6. The third-order valence-electron chi connectivity index (χ3n) is 11.5. The summed E-state index contributed by atoms with van der Waals surface area (Å²) in [6.07, 6.45) is 11.2. The maximum Gasteiger partial charge on any atom is 0.302 e. The molecule has 220 valence electrons. The molecule has 0 heterocycles. The van der Waals surface area contributed by atoms with Gasteiger partial charge in [-0.15, -0.1) is 0 Å². The highest BCUT2D eigenvalue weighted by Gasteiger charge is 2.62. The van der Waals surface area contributed by atoms with Gasteiger partial charge in [0, 0.05) is 39.0 Å². The number of carbonyl (C=O) groups is 3. The van der Waals surface area contributed by atoms with Gasteiger partial charge < -0.3 is 14.2 Å². The number of hydrogen-bond acceptors (Lipinski definition) is 6. The summed E-state index contributed by atoms with van der Waals surface area (Å²) >= 11 is 0. The first kappa shape index (κ1) is 30.1. The summed E-state index contributed by atoms with van der Waals surface area (Å²) in [6.45, 7) is 16.0. The van der Waals surface area contributed by atoms with Gasteiger partial charge in [0.1, 0.15) is 18.3 Å². The zero-order chi connectivity index (χ0) is 28.7. The van der Waals surface area contributed by atoms with Crippen molar-refractivity contribution < 1.29 is 28.6 Å². The average molecular weight is 545 g/mol. The molecule has 39 heavy (non-hydrogen) atoms. The van der Waals surface area contributed by atoms with Crippen LogP contribution in [0.2, 0.25) is 0 Å². The van der Waals surface area contributed by atoms with Crippen LogP contribution in [0.3, 0.4) is 0 Å². The molecular weight excluding hydrogens is 492 g/mol. The monoisotopic (exact) mass is 544 g/mol. The smallest absolute Gasteiger partial charge is 0.302 e. The van der Waals surface area contributed by atoms with Gasteiger partial charge in [-0.2, -0.15) is 0 Å². The molecule has 0 spiro atoms. The molecule has 10 atom stereocenters. The summed E-state index contributed by atoms with van der Waals surface area (Å²) in [6, 6.07) is 0. The molecule has 0 radical (unpaired) electrons. The first-order chi connectivity index (χ1) is 18.3. The fourth-order valence-electron chi connectivity index (χ4n) is 9.70. The van der Waals surface area contributed by atoms with Gasteiger partial charge in [-0.1, -0.05) is 46.3 Å². The van der Waals surface area contributed by atoms with Crippen LogP contribution < -0.4 is 0 Å². The van der Waals surface area contributed by atoms with Crippen molar-refractivity contribution in [3.63, 3.8) is 0 Å². The summed E-state index contributed by atoms with van der Waals surface area (Å²) in [7, 11) is 0. The minimum absolute atomic E-state index is 0.00661. The van der Waals surface area contributed by atoms with Crippen molar-refractivity contribution in [1.82, 2.24) is 0 Å². The molecule has 6 nitrogen and oxygen atoms in total. The lowest BCUT2D eigenvalue weighted by Gasteiger charge is -2.60. The van der Waals surface area contributed by atoms with E-state index in [1.54, 1.807) is 0 Å². The van der Waals surface area contributed by atoms with E-state index in [9.17, 15) is 14.4 Å². The Kier molecular flexibility index (Phi) is 8.93. The Labute approximate surface area is 236 Å². The second-order valence-corrected chi connectivity index (χ2v) is 14.1. The van der Waals surface area contributed by atoms with Gasteiger partial charge in [0.2, 0.25) is 0 Å². The lowest BCUT2D eigenvalue weighted by Crippen LogP contribution is -2.57. The molecule has 0 amide bonds. The standard InChI is InChI=1S/C33H52O6/c1-19(2)30(38-22(5)35)14-9-20(3)27-12-13-28-26-11-10-24-17-25(37-21(4)34)18-31(39-23(6)36)33(24,8)29(26)15-16-32(27,28)7/h10,19-20,25-31H,9,11-18H2,1-8H3/t20-,25-,26+,27-,28+,29+,30+,31+,32-,33+/m1/s1. The van der Waals surface area contributed by atoms with E-state index < -0.39 is 0 Å². The molecule has 4 aliphatic carbocycles. The minimum Gasteiger partial charge on any atom is -0.462 e. The van der Waals surface area contributed by atoms with Crippen LogP contribution >= 0.6 is 0 Å².